The van der Waals surface area contributed by atoms with E-state index in [0.717, 1.165) is 5.88 Å². The van der Waals surface area contributed by atoms with Crippen molar-refractivity contribution in [3.63, 3.8) is 0 Å². The van der Waals surface area contributed by atoms with Crippen molar-refractivity contribution in [2.45, 2.75) is 26.2 Å². The zero-order valence-corrected chi connectivity index (χ0v) is 4.96. The first kappa shape index (κ1) is 6.29. The Kier molecular flexibility index (Phi) is 5.55. The van der Waals surface area contributed by atoms with Crippen molar-refractivity contribution in [2.24, 2.45) is 0 Å². The molecule has 0 aromatic heterocycles. The summed E-state index contributed by atoms with van der Waals surface area (Å²) in [7, 11) is 0. The van der Waals surface area contributed by atoms with Crippen LogP contribution in [0.25, 0.3) is 0 Å². The zero-order valence-electron chi connectivity index (χ0n) is 4.21. The van der Waals surface area contributed by atoms with E-state index in [9.17, 15) is 0 Å². The largest absolute Gasteiger partial charge is 0.127 e. The number of halogens is 1. The molecule has 0 spiro atoms. The minimum atomic E-state index is 0.827. The molecular weight excluding hydrogens is 95.5 g/mol. The molecule has 6 heavy (non-hydrogen) atoms. The number of unbranched alkanes of at least 4 members (excludes halogenated alkanes) is 2. The van der Waals surface area contributed by atoms with E-state index in [2.05, 4.69) is 6.92 Å². The van der Waals surface area contributed by atoms with Crippen LogP contribution in [-0.4, -0.2) is 5.88 Å². The van der Waals surface area contributed by atoms with Crippen LogP contribution in [0.1, 0.15) is 26.2 Å². The summed E-state index contributed by atoms with van der Waals surface area (Å²) >= 11 is 5.38. The van der Waals surface area contributed by atoms with E-state index in [1.54, 1.807) is 0 Å². The molecular formula is C5H11Cl. The van der Waals surface area contributed by atoms with Crippen molar-refractivity contribution < 1.29 is 0 Å². The molecule has 0 heterocycles. The van der Waals surface area contributed by atoms with Gasteiger partial charge >= 0.3 is 0 Å². The number of hydrogen-bond donors (Lipinski definition) is 0. The third kappa shape index (κ3) is 4.29. The lowest BCUT2D eigenvalue weighted by atomic mass is 10.3. The molecule has 0 unspecified atom stereocenters. The van der Waals surface area contributed by atoms with Gasteiger partial charge in [0.15, 0.2) is 0 Å². The second-order valence-electron chi connectivity index (χ2n) is 1.40. The summed E-state index contributed by atoms with van der Waals surface area (Å²) in [5.41, 5.74) is 0. The number of alkyl halides is 1. The quantitative estimate of drug-likeness (QED) is 0.383. The fraction of sp³-hybridized carbons (Fsp3) is 1.00. The highest BCUT2D eigenvalue weighted by molar-refractivity contribution is 6.17. The zero-order chi connectivity index (χ0) is 4.83. The Hall–Kier alpha value is 0.290. The van der Waals surface area contributed by atoms with E-state index in [4.69, 9.17) is 11.6 Å². The standard InChI is InChI=1S/C5H11Cl/c1-2-3-4-5-6/h2-5H2,1H3. The Morgan fingerprint density at radius 3 is 2.17 bits per heavy atom. The minimum absolute atomic E-state index is 0.827. The normalized spacial score (nSPS) is 9.00. The molecule has 0 saturated heterocycles. The molecule has 0 nitrogen and oxygen atoms in total. The number of rotatable bonds is 3. The maximum absolute atomic E-state index is 5.38. The van der Waals surface area contributed by atoms with Gasteiger partial charge in [-0.1, -0.05) is 19.8 Å². The minimum Gasteiger partial charge on any atom is -0.127 e. The van der Waals surface area contributed by atoms with Crippen LogP contribution < -0.4 is 0 Å². The monoisotopic (exact) mass is 106 g/mol. The summed E-state index contributed by atoms with van der Waals surface area (Å²) < 4.78 is 0. The van der Waals surface area contributed by atoms with Crippen LogP contribution in [0.5, 0.6) is 0 Å². The van der Waals surface area contributed by atoms with Crippen molar-refractivity contribution in [2.75, 3.05) is 5.88 Å². The SMILES string of the molecule is CCCCCCl. The highest BCUT2D eigenvalue weighted by Crippen LogP contribution is 1.93. The fourth-order valence-electron chi connectivity index (χ4n) is 0.344. The third-order valence-corrected chi connectivity index (χ3v) is 1.00. The summed E-state index contributed by atoms with van der Waals surface area (Å²) in [4.78, 5) is 0. The maximum atomic E-state index is 5.38. The van der Waals surface area contributed by atoms with Crippen molar-refractivity contribution in [1.82, 2.24) is 0 Å². The van der Waals surface area contributed by atoms with E-state index in [0.29, 0.717) is 0 Å². The lowest BCUT2D eigenvalue weighted by Gasteiger charge is -1.84. The summed E-state index contributed by atoms with van der Waals surface area (Å²) in [5, 5.41) is 0. The average molecular weight is 107 g/mol. The van der Waals surface area contributed by atoms with Gasteiger partial charge in [-0.05, 0) is 6.42 Å². The van der Waals surface area contributed by atoms with Gasteiger partial charge in [-0.2, -0.15) is 0 Å². The van der Waals surface area contributed by atoms with E-state index in [1.165, 1.54) is 19.3 Å². The maximum Gasteiger partial charge on any atom is 0.0223 e. The first-order valence-electron chi connectivity index (χ1n) is 2.47. The topological polar surface area (TPSA) is 0 Å². The van der Waals surface area contributed by atoms with Crippen LogP contribution in [-0.2, 0) is 0 Å². The molecule has 0 radical (unpaired) electrons. The summed E-state index contributed by atoms with van der Waals surface area (Å²) in [5.74, 6) is 0.827. The predicted octanol–water partition coefficient (Wildman–Crippen LogP) is 2.42. The van der Waals surface area contributed by atoms with Gasteiger partial charge in [-0.3, -0.25) is 0 Å². The molecule has 0 aromatic carbocycles. The van der Waals surface area contributed by atoms with Crippen LogP contribution in [0.4, 0.5) is 0 Å². The van der Waals surface area contributed by atoms with E-state index in [1.807, 2.05) is 0 Å². The second-order valence-corrected chi connectivity index (χ2v) is 1.77. The van der Waals surface area contributed by atoms with Crippen LogP contribution in [0, 0.1) is 0 Å². The third-order valence-electron chi connectivity index (χ3n) is 0.737. The molecule has 0 aliphatic rings. The molecule has 0 fully saturated rings. The van der Waals surface area contributed by atoms with Gasteiger partial charge in [0.25, 0.3) is 0 Å². The van der Waals surface area contributed by atoms with Gasteiger partial charge < -0.3 is 0 Å². The second kappa shape index (κ2) is 5.29. The summed E-state index contributed by atoms with van der Waals surface area (Å²) in [6.45, 7) is 2.17. The average Bonchev–Trinajstić information content (AvgIpc) is 1.61. The molecule has 0 rings (SSSR count). The Balaban J connectivity index is 2.34. The van der Waals surface area contributed by atoms with Gasteiger partial charge in [0.1, 0.15) is 0 Å². The van der Waals surface area contributed by atoms with Crippen molar-refractivity contribution >= 4 is 11.6 Å². The van der Waals surface area contributed by atoms with Crippen LogP contribution in [0.2, 0.25) is 0 Å². The molecule has 0 N–H and O–H groups in total. The highest BCUT2D eigenvalue weighted by atomic mass is 35.5. The smallest absolute Gasteiger partial charge is 0.0223 e. The van der Waals surface area contributed by atoms with Crippen molar-refractivity contribution in [3.05, 3.63) is 0 Å². The Morgan fingerprint density at radius 2 is 2.00 bits per heavy atom. The molecule has 0 bridgehead atoms. The lowest BCUT2D eigenvalue weighted by Crippen LogP contribution is -1.70. The first-order valence-corrected chi connectivity index (χ1v) is 3.01. The van der Waals surface area contributed by atoms with Gasteiger partial charge in [0.05, 0.1) is 0 Å². The van der Waals surface area contributed by atoms with Crippen molar-refractivity contribution in [3.8, 4) is 0 Å². The van der Waals surface area contributed by atoms with E-state index in [-0.39, 0.29) is 0 Å². The van der Waals surface area contributed by atoms with Gasteiger partial charge in [-0.25, -0.2) is 0 Å². The Bertz CT molecular complexity index is 15.9. The number of hydrogen-bond acceptors (Lipinski definition) is 0. The van der Waals surface area contributed by atoms with Gasteiger partial charge in [0, 0.05) is 5.88 Å². The lowest BCUT2D eigenvalue weighted by molar-refractivity contribution is 0.776. The molecule has 38 valence electrons. The molecule has 0 aliphatic carbocycles. The van der Waals surface area contributed by atoms with Crippen LogP contribution in [0.15, 0.2) is 0 Å². The highest BCUT2D eigenvalue weighted by Gasteiger charge is 1.76. The summed E-state index contributed by atoms with van der Waals surface area (Å²) in [6.07, 6.45) is 3.73. The molecule has 0 amide bonds. The van der Waals surface area contributed by atoms with Gasteiger partial charge in [-0.15, -0.1) is 11.6 Å². The fourth-order valence-corrected chi connectivity index (χ4v) is 0.533. The van der Waals surface area contributed by atoms with Gasteiger partial charge in [0.2, 0.25) is 0 Å². The van der Waals surface area contributed by atoms with E-state index >= 15 is 0 Å². The molecule has 0 saturated carbocycles. The molecule has 0 aliphatic heterocycles. The Labute approximate surface area is 44.5 Å². The molecule has 0 atom stereocenters. The van der Waals surface area contributed by atoms with E-state index < -0.39 is 0 Å². The van der Waals surface area contributed by atoms with Crippen LogP contribution in [0.3, 0.4) is 0 Å². The predicted molar refractivity (Wildman–Crippen MR) is 30.2 cm³/mol. The first-order chi connectivity index (χ1) is 2.91. The van der Waals surface area contributed by atoms with Crippen molar-refractivity contribution in [1.29, 1.82) is 0 Å². The Morgan fingerprint density at radius 1 is 1.33 bits per heavy atom. The van der Waals surface area contributed by atoms with Crippen LogP contribution >= 0.6 is 11.6 Å². The molecule has 0 aromatic rings. The molecule has 1 heteroatoms. The summed E-state index contributed by atoms with van der Waals surface area (Å²) in [6, 6.07) is 0.